The lowest BCUT2D eigenvalue weighted by Crippen LogP contribution is -2.41. The number of carbonyl (C=O) groups is 1. The summed E-state index contributed by atoms with van der Waals surface area (Å²) in [7, 11) is 1.67. The molecule has 0 fully saturated rings. The van der Waals surface area contributed by atoms with E-state index < -0.39 is 0 Å². The van der Waals surface area contributed by atoms with Gasteiger partial charge in [-0.3, -0.25) is 14.8 Å². The summed E-state index contributed by atoms with van der Waals surface area (Å²) in [6.45, 7) is 3.51. The van der Waals surface area contributed by atoms with Crippen LogP contribution in [0.2, 0.25) is 0 Å². The molecule has 1 aromatic carbocycles. The summed E-state index contributed by atoms with van der Waals surface area (Å²) in [6, 6.07) is 13.7. The van der Waals surface area contributed by atoms with Gasteiger partial charge in [0.25, 0.3) is 0 Å². The molecular formula is C20H28IN5O2. The third-order valence-corrected chi connectivity index (χ3v) is 3.84. The highest BCUT2D eigenvalue weighted by atomic mass is 127. The molecule has 1 heterocycles. The van der Waals surface area contributed by atoms with Crippen LogP contribution < -0.4 is 16.0 Å². The van der Waals surface area contributed by atoms with Gasteiger partial charge in [-0.1, -0.05) is 30.3 Å². The first-order valence-electron chi connectivity index (χ1n) is 9.00. The molecule has 8 heteroatoms. The van der Waals surface area contributed by atoms with Gasteiger partial charge in [0.1, 0.15) is 0 Å². The van der Waals surface area contributed by atoms with E-state index >= 15 is 0 Å². The van der Waals surface area contributed by atoms with Gasteiger partial charge in [-0.25, -0.2) is 0 Å². The summed E-state index contributed by atoms with van der Waals surface area (Å²) in [5.74, 6) is 0.415. The minimum absolute atomic E-state index is 0. The maximum Gasteiger partial charge on any atom is 0.243 e. The van der Waals surface area contributed by atoms with Gasteiger partial charge in [0.05, 0.1) is 24.5 Å². The first kappa shape index (κ1) is 23.8. The van der Waals surface area contributed by atoms with Crippen LogP contribution in [0.5, 0.6) is 0 Å². The van der Waals surface area contributed by atoms with Crippen molar-refractivity contribution in [3.05, 3.63) is 60.4 Å². The number of aliphatic imine (C=N–C) groups is 1. The monoisotopic (exact) mass is 497 g/mol. The van der Waals surface area contributed by atoms with Crippen molar-refractivity contribution in [3.63, 3.8) is 0 Å². The van der Waals surface area contributed by atoms with Gasteiger partial charge in [0.15, 0.2) is 5.96 Å². The molecule has 1 atom stereocenters. The average Bonchev–Trinajstić information content (AvgIpc) is 2.71. The van der Waals surface area contributed by atoms with Crippen molar-refractivity contribution in [2.45, 2.75) is 19.4 Å². The number of anilines is 1. The van der Waals surface area contributed by atoms with E-state index in [1.807, 2.05) is 25.1 Å². The van der Waals surface area contributed by atoms with E-state index in [0.717, 1.165) is 6.42 Å². The number of nitrogens with one attached hydrogen (secondary N) is 3. The van der Waals surface area contributed by atoms with Crippen LogP contribution in [-0.2, 0) is 9.53 Å². The van der Waals surface area contributed by atoms with Crippen LogP contribution in [0.15, 0.2) is 59.9 Å². The van der Waals surface area contributed by atoms with E-state index in [1.54, 1.807) is 31.6 Å². The summed E-state index contributed by atoms with van der Waals surface area (Å²) in [4.78, 5) is 20.0. The van der Waals surface area contributed by atoms with Gasteiger partial charge in [0, 0.05) is 26.4 Å². The molecule has 1 aromatic heterocycles. The Bertz CT molecular complexity index is 713. The number of amides is 1. The zero-order valence-electron chi connectivity index (χ0n) is 16.2. The highest BCUT2D eigenvalue weighted by molar-refractivity contribution is 14.0. The van der Waals surface area contributed by atoms with Crippen LogP contribution in [0.3, 0.4) is 0 Å². The van der Waals surface area contributed by atoms with Crippen molar-refractivity contribution in [2.24, 2.45) is 4.99 Å². The van der Waals surface area contributed by atoms with Crippen molar-refractivity contribution in [2.75, 3.05) is 32.1 Å². The lowest BCUT2D eigenvalue weighted by atomic mass is 10.1. The Kier molecular flexibility index (Phi) is 11.8. The number of nitrogens with zero attached hydrogens (tertiary/aromatic N) is 2. The van der Waals surface area contributed by atoms with Crippen LogP contribution in [0.1, 0.15) is 25.0 Å². The van der Waals surface area contributed by atoms with Crippen LogP contribution >= 0.6 is 24.0 Å². The van der Waals surface area contributed by atoms with Gasteiger partial charge < -0.3 is 20.7 Å². The number of carbonyl (C=O) groups excluding carboxylic acids is 1. The number of aromatic nitrogens is 1. The van der Waals surface area contributed by atoms with Crippen LogP contribution in [-0.4, -0.2) is 43.6 Å². The largest absolute Gasteiger partial charge is 0.374 e. The van der Waals surface area contributed by atoms with E-state index in [4.69, 9.17) is 4.74 Å². The van der Waals surface area contributed by atoms with Crippen LogP contribution in [0.4, 0.5) is 5.69 Å². The molecule has 0 saturated carbocycles. The number of hydrogen-bond acceptors (Lipinski definition) is 4. The molecule has 1 amide bonds. The minimum atomic E-state index is -0.161. The summed E-state index contributed by atoms with van der Waals surface area (Å²) in [6.07, 6.45) is 4.16. The number of guanidine groups is 1. The first-order chi connectivity index (χ1) is 13.2. The average molecular weight is 497 g/mol. The highest BCUT2D eigenvalue weighted by Crippen LogP contribution is 2.15. The quantitative estimate of drug-likeness (QED) is 0.215. The molecule has 3 N–H and O–H groups in total. The summed E-state index contributed by atoms with van der Waals surface area (Å²) in [5.41, 5.74) is 1.83. The third-order valence-electron chi connectivity index (χ3n) is 3.84. The Labute approximate surface area is 183 Å². The highest BCUT2D eigenvalue weighted by Gasteiger charge is 2.06. The Morgan fingerprint density at radius 1 is 1.18 bits per heavy atom. The second-order valence-corrected chi connectivity index (χ2v) is 5.92. The number of hydrogen-bond donors (Lipinski definition) is 3. The van der Waals surface area contributed by atoms with Crippen molar-refractivity contribution in [3.8, 4) is 0 Å². The van der Waals surface area contributed by atoms with E-state index in [-0.39, 0.29) is 42.5 Å². The maximum absolute atomic E-state index is 11.9. The fourth-order valence-electron chi connectivity index (χ4n) is 2.39. The molecule has 28 heavy (non-hydrogen) atoms. The van der Waals surface area contributed by atoms with Crippen molar-refractivity contribution < 1.29 is 9.53 Å². The Morgan fingerprint density at radius 2 is 1.96 bits per heavy atom. The number of benzene rings is 1. The lowest BCUT2D eigenvalue weighted by Gasteiger charge is -2.14. The maximum atomic E-state index is 11.9. The molecule has 1 unspecified atom stereocenters. The fourth-order valence-corrected chi connectivity index (χ4v) is 2.39. The molecule has 0 aliphatic rings. The summed E-state index contributed by atoms with van der Waals surface area (Å²) in [5, 5.41) is 8.91. The Morgan fingerprint density at radius 3 is 2.64 bits per heavy atom. The van der Waals surface area contributed by atoms with Crippen LogP contribution in [0.25, 0.3) is 0 Å². The molecule has 0 bridgehead atoms. The third kappa shape index (κ3) is 9.14. The van der Waals surface area contributed by atoms with Crippen molar-refractivity contribution in [1.82, 2.24) is 15.6 Å². The van der Waals surface area contributed by atoms with Gasteiger partial charge in [-0.15, -0.1) is 24.0 Å². The van der Waals surface area contributed by atoms with E-state index in [2.05, 4.69) is 38.1 Å². The second-order valence-electron chi connectivity index (χ2n) is 5.92. The van der Waals surface area contributed by atoms with Gasteiger partial charge in [-0.05, 0) is 31.0 Å². The van der Waals surface area contributed by atoms with E-state index in [0.29, 0.717) is 24.8 Å². The zero-order chi connectivity index (χ0) is 19.3. The molecule has 7 nitrogen and oxygen atoms in total. The number of ether oxygens (including phenoxy) is 1. The van der Waals surface area contributed by atoms with Crippen molar-refractivity contribution in [1.29, 1.82) is 0 Å². The minimum Gasteiger partial charge on any atom is -0.374 e. The fraction of sp³-hybridized carbons (Fsp3) is 0.350. The predicted octanol–water partition coefficient (Wildman–Crippen LogP) is 2.97. The lowest BCUT2D eigenvalue weighted by molar-refractivity contribution is -0.115. The molecule has 152 valence electrons. The standard InChI is InChI=1S/C20H27N5O2.HI/c1-16(17-8-4-3-5-9-17)27-13-7-12-23-20(21-2)24-15-19(26)25-18-10-6-11-22-14-18;/h3-6,8-11,14,16H,7,12-13,15H2,1-2H3,(H,25,26)(H2,21,23,24);1H. The second kappa shape index (κ2) is 13.9. The molecule has 0 saturated heterocycles. The summed E-state index contributed by atoms with van der Waals surface area (Å²) < 4.78 is 5.84. The number of pyridine rings is 1. The molecule has 0 aliphatic heterocycles. The molecule has 0 radical (unpaired) electrons. The van der Waals surface area contributed by atoms with E-state index in [9.17, 15) is 4.79 Å². The topological polar surface area (TPSA) is 87.6 Å². The normalized spacial score (nSPS) is 11.9. The molecule has 2 aromatic rings. The molecule has 0 spiro atoms. The number of rotatable bonds is 9. The first-order valence-corrected chi connectivity index (χ1v) is 9.00. The summed E-state index contributed by atoms with van der Waals surface area (Å²) >= 11 is 0. The van der Waals surface area contributed by atoms with Crippen LogP contribution in [0, 0.1) is 0 Å². The van der Waals surface area contributed by atoms with Gasteiger partial charge in [0.2, 0.25) is 5.91 Å². The van der Waals surface area contributed by atoms with Gasteiger partial charge >= 0.3 is 0 Å². The predicted molar refractivity (Wildman–Crippen MR) is 123 cm³/mol. The SMILES string of the molecule is CN=C(NCCCOC(C)c1ccccc1)NCC(=O)Nc1cccnc1.I. The van der Waals surface area contributed by atoms with E-state index in [1.165, 1.54) is 5.56 Å². The number of halogens is 1. The Hall–Kier alpha value is -2.20. The van der Waals surface area contributed by atoms with Crippen molar-refractivity contribution >= 4 is 41.5 Å². The molecule has 2 rings (SSSR count). The Balaban J connectivity index is 0.00000392. The smallest absolute Gasteiger partial charge is 0.243 e. The molecule has 0 aliphatic carbocycles. The molecular weight excluding hydrogens is 469 g/mol. The zero-order valence-corrected chi connectivity index (χ0v) is 18.6. The van der Waals surface area contributed by atoms with Gasteiger partial charge in [-0.2, -0.15) is 0 Å².